The van der Waals surface area contributed by atoms with Gasteiger partial charge in [-0.2, -0.15) is 0 Å². The minimum atomic E-state index is -3.59. The van der Waals surface area contributed by atoms with Crippen LogP contribution in [0.3, 0.4) is 0 Å². The molecule has 2 rings (SSSR count). The van der Waals surface area contributed by atoms with Gasteiger partial charge in [0, 0.05) is 25.5 Å². The average Bonchev–Trinajstić information content (AvgIpc) is 2.47. The second-order valence-electron chi connectivity index (χ2n) is 4.51. The van der Waals surface area contributed by atoms with Crippen molar-refractivity contribution >= 4 is 21.4 Å². The monoisotopic (exact) mass is 306 g/mol. The number of benzene rings is 2. The highest BCUT2D eigenvalue weighted by Crippen LogP contribution is 2.19. The molecule has 0 radical (unpaired) electrons. The third-order valence-corrected chi connectivity index (χ3v) is 4.34. The molecule has 0 heterocycles. The van der Waals surface area contributed by atoms with Gasteiger partial charge >= 0.3 is 0 Å². The summed E-state index contributed by atoms with van der Waals surface area (Å²) in [6, 6.07) is 13.7. The fraction of sp³-hybridized carbons (Fsp3) is 0.200. The van der Waals surface area contributed by atoms with Crippen LogP contribution in [-0.2, 0) is 21.4 Å². The van der Waals surface area contributed by atoms with E-state index in [0.29, 0.717) is 12.3 Å². The van der Waals surface area contributed by atoms with Crippen molar-refractivity contribution in [2.75, 3.05) is 24.2 Å². The maximum atomic E-state index is 12.3. The molecule has 0 saturated heterocycles. The number of rotatable bonds is 6. The van der Waals surface area contributed by atoms with E-state index in [1.807, 2.05) is 6.07 Å². The van der Waals surface area contributed by atoms with Crippen LogP contribution < -0.4 is 10.0 Å². The summed E-state index contributed by atoms with van der Waals surface area (Å²) < 4.78 is 32.2. The Labute approximate surface area is 125 Å². The molecule has 2 aromatic carbocycles. The van der Waals surface area contributed by atoms with E-state index in [9.17, 15) is 8.42 Å². The van der Waals surface area contributed by atoms with Crippen LogP contribution in [0.5, 0.6) is 0 Å². The van der Waals surface area contributed by atoms with Gasteiger partial charge in [-0.1, -0.05) is 12.1 Å². The normalized spacial score (nSPS) is 11.1. The molecule has 2 aromatic rings. The van der Waals surface area contributed by atoms with Gasteiger partial charge in [-0.15, -0.1) is 0 Å². The number of nitrogens with one attached hydrogen (secondary N) is 2. The molecule has 2 N–H and O–H groups in total. The van der Waals surface area contributed by atoms with Crippen molar-refractivity contribution in [2.45, 2.75) is 11.5 Å². The molecule has 21 heavy (non-hydrogen) atoms. The first-order valence-electron chi connectivity index (χ1n) is 6.43. The number of sulfonamides is 1. The molecular formula is C15H18N2O3S. The van der Waals surface area contributed by atoms with Crippen LogP contribution in [0.2, 0.25) is 0 Å². The Morgan fingerprint density at radius 2 is 1.76 bits per heavy atom. The standard InChI is InChI=1S/C15H18N2O3S/c1-16-13-6-8-15(9-7-13)21(18,19)17-14-5-3-4-12(10-14)11-20-2/h3-10,16-17H,11H2,1-2H3. The fourth-order valence-corrected chi connectivity index (χ4v) is 2.96. The summed E-state index contributed by atoms with van der Waals surface area (Å²) in [6.45, 7) is 0.437. The van der Waals surface area contributed by atoms with Crippen LogP contribution >= 0.6 is 0 Å². The maximum Gasteiger partial charge on any atom is 0.261 e. The summed E-state index contributed by atoms with van der Waals surface area (Å²) >= 11 is 0. The molecule has 0 aliphatic rings. The van der Waals surface area contributed by atoms with E-state index >= 15 is 0 Å². The van der Waals surface area contributed by atoms with Gasteiger partial charge in [0.05, 0.1) is 11.5 Å². The number of methoxy groups -OCH3 is 1. The van der Waals surface area contributed by atoms with Crippen molar-refractivity contribution < 1.29 is 13.2 Å². The molecule has 0 fully saturated rings. The van der Waals surface area contributed by atoms with Gasteiger partial charge in [0.15, 0.2) is 0 Å². The topological polar surface area (TPSA) is 67.4 Å². The van der Waals surface area contributed by atoms with Crippen LogP contribution in [0, 0.1) is 0 Å². The highest BCUT2D eigenvalue weighted by atomic mass is 32.2. The van der Waals surface area contributed by atoms with Crippen LogP contribution in [0.1, 0.15) is 5.56 Å². The van der Waals surface area contributed by atoms with Gasteiger partial charge in [-0.3, -0.25) is 4.72 Å². The Hall–Kier alpha value is -2.05. The molecule has 5 nitrogen and oxygen atoms in total. The van der Waals surface area contributed by atoms with E-state index in [2.05, 4.69) is 10.0 Å². The molecular weight excluding hydrogens is 288 g/mol. The van der Waals surface area contributed by atoms with Crippen LogP contribution in [0.25, 0.3) is 0 Å². The smallest absolute Gasteiger partial charge is 0.261 e. The first-order valence-corrected chi connectivity index (χ1v) is 7.92. The van der Waals surface area contributed by atoms with E-state index in [4.69, 9.17) is 4.74 Å². The zero-order valence-electron chi connectivity index (χ0n) is 12.0. The second kappa shape index (κ2) is 6.60. The Morgan fingerprint density at radius 1 is 1.05 bits per heavy atom. The van der Waals surface area contributed by atoms with Gasteiger partial charge < -0.3 is 10.1 Å². The van der Waals surface area contributed by atoms with Gasteiger partial charge in [0.2, 0.25) is 0 Å². The Bertz CT molecular complexity index is 697. The van der Waals surface area contributed by atoms with Crippen molar-refractivity contribution in [2.24, 2.45) is 0 Å². The largest absolute Gasteiger partial charge is 0.388 e. The molecule has 0 unspecified atom stereocenters. The van der Waals surface area contributed by atoms with E-state index in [0.717, 1.165) is 11.3 Å². The average molecular weight is 306 g/mol. The SMILES string of the molecule is CNc1ccc(S(=O)(=O)Nc2cccc(COC)c2)cc1. The summed E-state index contributed by atoms with van der Waals surface area (Å²) in [4.78, 5) is 0.221. The number of anilines is 2. The quantitative estimate of drug-likeness (QED) is 0.861. The number of hydrogen-bond donors (Lipinski definition) is 2. The lowest BCUT2D eigenvalue weighted by Gasteiger charge is -2.10. The zero-order valence-corrected chi connectivity index (χ0v) is 12.8. The third-order valence-electron chi connectivity index (χ3n) is 2.94. The van der Waals surface area contributed by atoms with E-state index < -0.39 is 10.0 Å². The molecule has 0 atom stereocenters. The minimum absolute atomic E-state index is 0.221. The lowest BCUT2D eigenvalue weighted by atomic mass is 10.2. The van der Waals surface area contributed by atoms with Crippen LogP contribution in [-0.4, -0.2) is 22.6 Å². The Balaban J connectivity index is 2.21. The van der Waals surface area contributed by atoms with Gasteiger partial charge in [0.1, 0.15) is 0 Å². The molecule has 0 bridgehead atoms. The van der Waals surface area contributed by atoms with Crippen LogP contribution in [0.15, 0.2) is 53.4 Å². The van der Waals surface area contributed by atoms with Crippen LogP contribution in [0.4, 0.5) is 11.4 Å². The molecule has 0 aromatic heterocycles. The minimum Gasteiger partial charge on any atom is -0.388 e. The summed E-state index contributed by atoms with van der Waals surface area (Å²) in [6.07, 6.45) is 0. The molecule has 0 aliphatic carbocycles. The predicted octanol–water partition coefficient (Wildman–Crippen LogP) is 2.68. The molecule has 0 amide bonds. The van der Waals surface area contributed by atoms with Crippen molar-refractivity contribution in [1.82, 2.24) is 0 Å². The first-order chi connectivity index (χ1) is 10.0. The first kappa shape index (κ1) is 15.3. The van der Waals surface area contributed by atoms with Crippen molar-refractivity contribution in [1.29, 1.82) is 0 Å². The Kier molecular flexibility index (Phi) is 4.82. The highest BCUT2D eigenvalue weighted by Gasteiger charge is 2.14. The summed E-state index contributed by atoms with van der Waals surface area (Å²) in [7, 11) is -0.210. The molecule has 0 spiro atoms. The molecule has 0 aliphatic heterocycles. The maximum absolute atomic E-state index is 12.3. The number of hydrogen-bond acceptors (Lipinski definition) is 4. The van der Waals surface area contributed by atoms with Crippen molar-refractivity contribution in [3.8, 4) is 0 Å². The zero-order chi connectivity index (χ0) is 15.3. The molecule has 112 valence electrons. The lowest BCUT2D eigenvalue weighted by molar-refractivity contribution is 0.185. The van der Waals surface area contributed by atoms with E-state index in [1.165, 1.54) is 0 Å². The van der Waals surface area contributed by atoms with Gasteiger partial charge in [0.25, 0.3) is 10.0 Å². The molecule has 0 saturated carbocycles. The number of ether oxygens (including phenoxy) is 1. The van der Waals surface area contributed by atoms with E-state index in [1.54, 1.807) is 56.6 Å². The predicted molar refractivity (Wildman–Crippen MR) is 84.0 cm³/mol. The Morgan fingerprint density at radius 3 is 2.38 bits per heavy atom. The van der Waals surface area contributed by atoms with Gasteiger partial charge in [-0.25, -0.2) is 8.42 Å². The summed E-state index contributed by atoms with van der Waals surface area (Å²) in [5, 5.41) is 2.95. The van der Waals surface area contributed by atoms with E-state index in [-0.39, 0.29) is 4.90 Å². The summed E-state index contributed by atoms with van der Waals surface area (Å²) in [5.41, 5.74) is 2.28. The second-order valence-corrected chi connectivity index (χ2v) is 6.20. The van der Waals surface area contributed by atoms with Gasteiger partial charge in [-0.05, 0) is 42.0 Å². The van der Waals surface area contributed by atoms with Crippen molar-refractivity contribution in [3.63, 3.8) is 0 Å². The highest BCUT2D eigenvalue weighted by molar-refractivity contribution is 7.92. The third kappa shape index (κ3) is 3.96. The fourth-order valence-electron chi connectivity index (χ4n) is 1.91. The lowest BCUT2D eigenvalue weighted by Crippen LogP contribution is -2.13. The summed E-state index contributed by atoms with van der Waals surface area (Å²) in [5.74, 6) is 0. The molecule has 6 heteroatoms. The van der Waals surface area contributed by atoms with Crippen molar-refractivity contribution in [3.05, 3.63) is 54.1 Å².